The highest BCUT2D eigenvalue weighted by Gasteiger charge is 2.43. The number of fused-ring (bicyclic) bond motifs is 1. The Hall–Kier alpha value is -3.79. The van der Waals surface area contributed by atoms with E-state index in [2.05, 4.69) is 96.7 Å². The van der Waals surface area contributed by atoms with Crippen LogP contribution in [0.1, 0.15) is 77.5 Å². The van der Waals surface area contributed by atoms with Crippen LogP contribution >= 0.6 is 0 Å². The molecule has 0 bridgehead atoms. The second-order valence-corrected chi connectivity index (χ2v) is 14.4. The summed E-state index contributed by atoms with van der Waals surface area (Å²) < 4.78 is 7.76. The van der Waals surface area contributed by atoms with Crippen LogP contribution < -0.4 is 4.74 Å². The Balaban J connectivity index is 1.90. The van der Waals surface area contributed by atoms with E-state index in [-0.39, 0.29) is 11.3 Å². The number of ether oxygens (including phenoxy) is 1. The zero-order valence-corrected chi connectivity index (χ0v) is 28.0. The van der Waals surface area contributed by atoms with E-state index in [1.807, 2.05) is 0 Å². The molecule has 0 radical (unpaired) electrons. The summed E-state index contributed by atoms with van der Waals surface area (Å²) in [6.07, 6.45) is 6.97. The maximum absolute atomic E-state index is 13.4. The summed E-state index contributed by atoms with van der Waals surface area (Å²) in [7, 11) is 0. The fourth-order valence-electron chi connectivity index (χ4n) is 7.27. The molecule has 1 fully saturated rings. The van der Waals surface area contributed by atoms with Gasteiger partial charge in [-0.3, -0.25) is 5.10 Å². The fraction of sp³-hybridized carbons (Fsp3) is 0.541. The lowest BCUT2D eigenvalue weighted by Crippen LogP contribution is -2.40. The van der Waals surface area contributed by atoms with E-state index in [4.69, 9.17) is 16.3 Å². The molecule has 7 nitrogen and oxygen atoms in total. The maximum Gasteiger partial charge on any atom is 0.416 e. The molecule has 1 N–H and O–H groups in total. The van der Waals surface area contributed by atoms with Crippen LogP contribution in [0.15, 0.2) is 43.5 Å². The standard InChI is InChI=1S/C37H51N5O2/c1-12-16-41(17-13-2)36(43)44-35-32(38-11)30(34-39-33(40-42(34)35)27-15-14-25(6)26(7)21-27)22-29-28(18-23(3)4)19-24(5)20-31(29)37(8,9)10/h12-15,21,23-24,28-29,31H,1-2,16-20,22H2,3-10H3,(H,39,40). The number of aromatic nitrogens is 3. The molecule has 0 spiro atoms. The average Bonchev–Trinajstić information content (AvgIpc) is 3.48. The van der Waals surface area contributed by atoms with Gasteiger partial charge in [-0.2, -0.15) is 0 Å². The zero-order chi connectivity index (χ0) is 32.3. The summed E-state index contributed by atoms with van der Waals surface area (Å²) in [5.41, 5.74) is 5.31. The topological polar surface area (TPSA) is 67.0 Å². The highest BCUT2D eigenvalue weighted by Crippen LogP contribution is 2.51. The van der Waals surface area contributed by atoms with Gasteiger partial charge in [0.1, 0.15) is 5.65 Å². The first-order valence-electron chi connectivity index (χ1n) is 16.1. The minimum atomic E-state index is -0.556. The van der Waals surface area contributed by atoms with Crippen LogP contribution in [0.5, 0.6) is 5.88 Å². The Labute approximate surface area is 264 Å². The van der Waals surface area contributed by atoms with Gasteiger partial charge in [-0.15, -0.1) is 13.2 Å². The molecule has 4 atom stereocenters. The molecule has 2 aromatic heterocycles. The van der Waals surface area contributed by atoms with E-state index in [0.717, 1.165) is 17.5 Å². The number of carbonyl (C=O) groups excluding carboxylic acids is 1. The molecule has 1 aliphatic rings. The third-order valence-corrected chi connectivity index (χ3v) is 9.45. The van der Waals surface area contributed by atoms with Crippen LogP contribution in [-0.4, -0.2) is 38.7 Å². The monoisotopic (exact) mass is 597 g/mol. The summed E-state index contributed by atoms with van der Waals surface area (Å²) in [6.45, 7) is 34.7. The number of benzene rings is 1. The van der Waals surface area contributed by atoms with E-state index in [1.165, 1.54) is 28.9 Å². The van der Waals surface area contributed by atoms with Crippen molar-refractivity contribution in [3.05, 3.63) is 71.6 Å². The van der Waals surface area contributed by atoms with Crippen LogP contribution in [0.3, 0.4) is 0 Å². The molecule has 4 unspecified atom stereocenters. The van der Waals surface area contributed by atoms with Crippen molar-refractivity contribution in [2.75, 3.05) is 13.1 Å². The summed E-state index contributed by atoms with van der Waals surface area (Å²) in [5, 5.41) is 3.39. The number of carbonyl (C=O) groups is 1. The molecular weight excluding hydrogens is 546 g/mol. The van der Waals surface area contributed by atoms with E-state index in [1.54, 1.807) is 16.7 Å². The number of aryl methyl sites for hydroxylation is 2. The minimum absolute atomic E-state index is 0.118. The van der Waals surface area contributed by atoms with Crippen molar-refractivity contribution in [3.8, 4) is 17.3 Å². The lowest BCUT2D eigenvalue weighted by molar-refractivity contribution is 0.0259. The van der Waals surface area contributed by atoms with Crippen LogP contribution in [0.4, 0.5) is 10.5 Å². The van der Waals surface area contributed by atoms with Gasteiger partial charge in [0.05, 0.1) is 6.57 Å². The highest BCUT2D eigenvalue weighted by atomic mass is 16.6. The van der Waals surface area contributed by atoms with Crippen molar-refractivity contribution in [2.45, 2.75) is 81.1 Å². The predicted molar refractivity (Wildman–Crippen MR) is 180 cm³/mol. The number of aromatic amines is 1. The summed E-state index contributed by atoms with van der Waals surface area (Å²) in [4.78, 5) is 24.0. The normalized spacial score (nSPS) is 20.5. The van der Waals surface area contributed by atoms with Crippen molar-refractivity contribution < 1.29 is 9.53 Å². The lowest BCUT2D eigenvalue weighted by Gasteiger charge is -2.48. The smallest absolute Gasteiger partial charge is 0.402 e. The van der Waals surface area contributed by atoms with Crippen molar-refractivity contribution in [2.24, 2.45) is 35.0 Å². The SMILES string of the molecule is [C-]#[N+]c1c(CC2C(CC(C)C)CC(C)CC2C(C)(C)C)c2nc(-c3ccc(C)c(C)c3)[nH]n2c1OC(=O)N(CC=C)CC=C. The first kappa shape index (κ1) is 33.1. The van der Waals surface area contributed by atoms with Gasteiger partial charge in [0.15, 0.2) is 5.82 Å². The van der Waals surface area contributed by atoms with Crippen LogP contribution in [0, 0.1) is 55.4 Å². The van der Waals surface area contributed by atoms with Crippen molar-refractivity contribution in [1.29, 1.82) is 0 Å². The van der Waals surface area contributed by atoms with Gasteiger partial charge in [0.2, 0.25) is 5.88 Å². The number of nitrogens with zero attached hydrogens (tertiary/aromatic N) is 4. The van der Waals surface area contributed by atoms with E-state index >= 15 is 0 Å². The van der Waals surface area contributed by atoms with Gasteiger partial charge in [0, 0.05) is 24.2 Å². The molecule has 44 heavy (non-hydrogen) atoms. The first-order valence-corrected chi connectivity index (χ1v) is 16.1. The van der Waals surface area contributed by atoms with Crippen molar-refractivity contribution in [3.63, 3.8) is 0 Å². The number of amides is 1. The first-order chi connectivity index (χ1) is 20.8. The van der Waals surface area contributed by atoms with Crippen molar-refractivity contribution >= 4 is 17.4 Å². The van der Waals surface area contributed by atoms with Crippen LogP contribution in [-0.2, 0) is 6.42 Å². The predicted octanol–water partition coefficient (Wildman–Crippen LogP) is 9.58. The Morgan fingerprint density at radius 1 is 1.20 bits per heavy atom. The fourth-order valence-corrected chi connectivity index (χ4v) is 7.27. The van der Waals surface area contributed by atoms with E-state index in [9.17, 15) is 4.79 Å². The molecule has 1 amide bonds. The molecule has 4 rings (SSSR count). The largest absolute Gasteiger partial charge is 0.416 e. The Kier molecular flexibility index (Phi) is 10.1. The van der Waals surface area contributed by atoms with Crippen molar-refractivity contribution in [1.82, 2.24) is 19.5 Å². The van der Waals surface area contributed by atoms with Gasteiger partial charge < -0.3 is 9.64 Å². The number of H-pyrrole nitrogens is 1. The number of hydrogen-bond donors (Lipinski definition) is 1. The van der Waals surface area contributed by atoms with Gasteiger partial charge in [-0.1, -0.05) is 65.8 Å². The van der Waals surface area contributed by atoms with Gasteiger partial charge in [-0.25, -0.2) is 19.1 Å². The van der Waals surface area contributed by atoms with Crippen LogP contribution in [0.2, 0.25) is 0 Å². The molecule has 236 valence electrons. The molecule has 0 saturated heterocycles. The molecule has 2 heterocycles. The van der Waals surface area contributed by atoms with Crippen LogP contribution in [0.25, 0.3) is 21.9 Å². The highest BCUT2D eigenvalue weighted by molar-refractivity contribution is 5.80. The summed E-state index contributed by atoms with van der Waals surface area (Å²) in [6, 6.07) is 6.25. The molecule has 1 aliphatic carbocycles. The van der Waals surface area contributed by atoms with Gasteiger partial charge in [-0.05, 0) is 91.7 Å². The van der Waals surface area contributed by atoms with Gasteiger partial charge >= 0.3 is 6.09 Å². The maximum atomic E-state index is 13.4. The molecule has 1 aromatic carbocycles. The third kappa shape index (κ3) is 6.96. The van der Waals surface area contributed by atoms with E-state index in [0.29, 0.717) is 66.3 Å². The summed E-state index contributed by atoms with van der Waals surface area (Å²) >= 11 is 0. The lowest BCUT2D eigenvalue weighted by atomic mass is 9.57. The number of rotatable bonds is 10. The third-order valence-electron chi connectivity index (χ3n) is 9.45. The number of hydrogen-bond acceptors (Lipinski definition) is 3. The molecule has 1 saturated carbocycles. The number of nitrogens with one attached hydrogen (secondary N) is 1. The van der Waals surface area contributed by atoms with Gasteiger partial charge in [0.25, 0.3) is 5.69 Å². The Bertz CT molecular complexity index is 1530. The molecule has 0 aliphatic heterocycles. The zero-order valence-electron chi connectivity index (χ0n) is 28.0. The molecular formula is C37H51N5O2. The minimum Gasteiger partial charge on any atom is -0.402 e. The molecule has 3 aromatic rings. The second kappa shape index (κ2) is 13.5. The Morgan fingerprint density at radius 3 is 2.45 bits per heavy atom. The average molecular weight is 598 g/mol. The summed E-state index contributed by atoms with van der Waals surface area (Å²) in [5.74, 6) is 3.51. The van der Waals surface area contributed by atoms with E-state index < -0.39 is 6.09 Å². The molecule has 7 heteroatoms. The Morgan fingerprint density at radius 2 is 1.89 bits per heavy atom. The second-order valence-electron chi connectivity index (χ2n) is 14.4. The quantitative estimate of drug-likeness (QED) is 0.187.